The third kappa shape index (κ3) is 1.38. The first-order valence-corrected chi connectivity index (χ1v) is 5.14. The summed E-state index contributed by atoms with van der Waals surface area (Å²) in [6.07, 6.45) is 2.68. The molecule has 0 aromatic rings. The van der Waals surface area contributed by atoms with Gasteiger partial charge in [-0.15, -0.1) is 0 Å². The number of nitrogens with zero attached hydrogens (tertiary/aromatic N) is 1. The first-order chi connectivity index (χ1) is 5.81. The molecule has 0 aliphatic carbocycles. The summed E-state index contributed by atoms with van der Waals surface area (Å²) in [7, 11) is 0. The monoisotopic (exact) mass is 169 g/mol. The number of hydrogen-bond acceptors (Lipinski definition) is 2. The van der Waals surface area contributed by atoms with Gasteiger partial charge in [0.2, 0.25) is 0 Å². The Morgan fingerprint density at radius 3 is 2.33 bits per heavy atom. The highest BCUT2D eigenvalue weighted by Gasteiger charge is 2.36. The Kier molecular flexibility index (Phi) is 2.37. The molecule has 0 aromatic heterocycles. The zero-order valence-electron chi connectivity index (χ0n) is 8.12. The van der Waals surface area contributed by atoms with Gasteiger partial charge in [-0.05, 0) is 25.3 Å². The van der Waals surface area contributed by atoms with Gasteiger partial charge in [-0.3, -0.25) is 4.90 Å². The van der Waals surface area contributed by atoms with Crippen LogP contribution in [0.1, 0.15) is 26.7 Å². The second kappa shape index (κ2) is 3.35. The van der Waals surface area contributed by atoms with E-state index in [1.807, 2.05) is 0 Å². The largest absolute Gasteiger partial charge is 0.378 e. The van der Waals surface area contributed by atoms with Gasteiger partial charge >= 0.3 is 0 Å². The topological polar surface area (TPSA) is 12.5 Å². The summed E-state index contributed by atoms with van der Waals surface area (Å²) in [5.74, 6) is 0.909. The molecule has 0 saturated carbocycles. The van der Waals surface area contributed by atoms with Crippen molar-refractivity contribution in [2.75, 3.05) is 19.8 Å². The minimum atomic E-state index is 0.720. The highest BCUT2D eigenvalue weighted by atomic mass is 16.5. The Hall–Kier alpha value is -0.0800. The Morgan fingerprint density at radius 1 is 1.25 bits per heavy atom. The molecule has 2 aliphatic rings. The second-order valence-corrected chi connectivity index (χ2v) is 4.25. The highest BCUT2D eigenvalue weighted by Crippen LogP contribution is 2.30. The molecular formula is C10H19NO. The van der Waals surface area contributed by atoms with Gasteiger partial charge in [0, 0.05) is 12.1 Å². The van der Waals surface area contributed by atoms with E-state index in [0.717, 1.165) is 31.2 Å². The molecule has 0 spiro atoms. The molecule has 2 saturated heterocycles. The molecule has 2 aliphatic heterocycles. The molecule has 2 bridgehead atoms. The molecular weight excluding hydrogens is 150 g/mol. The van der Waals surface area contributed by atoms with Crippen LogP contribution in [0.4, 0.5) is 0 Å². The minimum Gasteiger partial charge on any atom is -0.378 e. The van der Waals surface area contributed by atoms with Gasteiger partial charge in [0.25, 0.3) is 0 Å². The summed E-state index contributed by atoms with van der Waals surface area (Å²) in [5.41, 5.74) is 0. The summed E-state index contributed by atoms with van der Waals surface area (Å²) >= 11 is 0. The van der Waals surface area contributed by atoms with Gasteiger partial charge in [-0.1, -0.05) is 13.8 Å². The first-order valence-electron chi connectivity index (χ1n) is 5.14. The molecule has 2 heterocycles. The van der Waals surface area contributed by atoms with Crippen molar-refractivity contribution < 1.29 is 4.74 Å². The van der Waals surface area contributed by atoms with Crippen molar-refractivity contribution in [1.82, 2.24) is 4.90 Å². The predicted molar refractivity (Wildman–Crippen MR) is 49.2 cm³/mol. The molecule has 0 radical (unpaired) electrons. The molecule has 2 atom stereocenters. The second-order valence-electron chi connectivity index (χ2n) is 4.25. The maximum atomic E-state index is 5.58. The molecule has 0 N–H and O–H groups in total. The van der Waals surface area contributed by atoms with Crippen LogP contribution in [0, 0.1) is 5.92 Å². The Labute approximate surface area is 74.9 Å². The fraction of sp³-hybridized carbons (Fsp3) is 1.00. The van der Waals surface area contributed by atoms with E-state index in [2.05, 4.69) is 18.7 Å². The van der Waals surface area contributed by atoms with Crippen LogP contribution in [0.15, 0.2) is 0 Å². The molecule has 2 nitrogen and oxygen atoms in total. The molecule has 0 amide bonds. The quantitative estimate of drug-likeness (QED) is 0.590. The maximum Gasteiger partial charge on any atom is 0.0622 e. The van der Waals surface area contributed by atoms with Crippen LogP contribution in [0.25, 0.3) is 0 Å². The van der Waals surface area contributed by atoms with E-state index >= 15 is 0 Å². The van der Waals surface area contributed by atoms with E-state index in [0.29, 0.717) is 0 Å². The first kappa shape index (κ1) is 8.52. The van der Waals surface area contributed by atoms with Crippen molar-refractivity contribution in [3.8, 4) is 0 Å². The van der Waals surface area contributed by atoms with Gasteiger partial charge in [-0.2, -0.15) is 0 Å². The Morgan fingerprint density at radius 2 is 1.83 bits per heavy atom. The fourth-order valence-corrected chi connectivity index (χ4v) is 2.78. The number of rotatable bonds is 1. The molecule has 2 heteroatoms. The van der Waals surface area contributed by atoms with E-state index in [4.69, 9.17) is 4.74 Å². The van der Waals surface area contributed by atoms with Crippen LogP contribution in [-0.4, -0.2) is 36.7 Å². The van der Waals surface area contributed by atoms with Gasteiger partial charge in [0.05, 0.1) is 13.2 Å². The lowest BCUT2D eigenvalue weighted by molar-refractivity contribution is -0.0828. The average Bonchev–Trinajstić information content (AvgIpc) is 2.02. The third-order valence-electron chi connectivity index (χ3n) is 3.27. The molecule has 2 unspecified atom stereocenters. The molecule has 2 fully saturated rings. The third-order valence-corrected chi connectivity index (χ3v) is 3.27. The zero-order valence-corrected chi connectivity index (χ0v) is 8.12. The van der Waals surface area contributed by atoms with Crippen molar-refractivity contribution in [3.63, 3.8) is 0 Å². The summed E-state index contributed by atoms with van der Waals surface area (Å²) in [5, 5.41) is 0. The molecule has 12 heavy (non-hydrogen) atoms. The van der Waals surface area contributed by atoms with Crippen molar-refractivity contribution in [2.45, 2.75) is 38.8 Å². The van der Waals surface area contributed by atoms with E-state index in [9.17, 15) is 0 Å². The van der Waals surface area contributed by atoms with Crippen LogP contribution in [-0.2, 0) is 4.74 Å². The Bertz CT molecular complexity index is 146. The van der Waals surface area contributed by atoms with E-state index in [1.165, 1.54) is 19.4 Å². The molecule has 0 aromatic carbocycles. The number of hydrogen-bond donors (Lipinski definition) is 0. The van der Waals surface area contributed by atoms with E-state index in [-0.39, 0.29) is 0 Å². The van der Waals surface area contributed by atoms with Crippen LogP contribution in [0.2, 0.25) is 0 Å². The van der Waals surface area contributed by atoms with Crippen LogP contribution >= 0.6 is 0 Å². The van der Waals surface area contributed by atoms with E-state index < -0.39 is 0 Å². The van der Waals surface area contributed by atoms with Crippen LogP contribution < -0.4 is 0 Å². The Balaban J connectivity index is 2.06. The highest BCUT2D eigenvalue weighted by molar-refractivity contribution is 4.89. The SMILES string of the molecule is CCN1C2COCC1CC(C)C2. The van der Waals surface area contributed by atoms with Crippen molar-refractivity contribution in [1.29, 1.82) is 0 Å². The van der Waals surface area contributed by atoms with Crippen molar-refractivity contribution >= 4 is 0 Å². The fourth-order valence-electron chi connectivity index (χ4n) is 2.78. The van der Waals surface area contributed by atoms with E-state index in [1.54, 1.807) is 0 Å². The zero-order chi connectivity index (χ0) is 8.55. The summed E-state index contributed by atoms with van der Waals surface area (Å²) in [6, 6.07) is 1.44. The predicted octanol–water partition coefficient (Wildman–Crippen LogP) is 1.51. The lowest BCUT2D eigenvalue weighted by Crippen LogP contribution is -2.56. The lowest BCUT2D eigenvalue weighted by atomic mass is 9.86. The van der Waals surface area contributed by atoms with Crippen molar-refractivity contribution in [3.05, 3.63) is 0 Å². The molecule has 2 rings (SSSR count). The summed E-state index contributed by atoms with van der Waals surface area (Å²) < 4.78 is 5.58. The van der Waals surface area contributed by atoms with Gasteiger partial charge in [-0.25, -0.2) is 0 Å². The maximum absolute atomic E-state index is 5.58. The smallest absolute Gasteiger partial charge is 0.0622 e. The normalized spacial score (nSPS) is 43.0. The number of fused-ring (bicyclic) bond motifs is 2. The summed E-state index contributed by atoms with van der Waals surface area (Å²) in [4.78, 5) is 2.63. The number of morpholine rings is 1. The minimum absolute atomic E-state index is 0.720. The van der Waals surface area contributed by atoms with Gasteiger partial charge < -0.3 is 4.74 Å². The molecule has 70 valence electrons. The van der Waals surface area contributed by atoms with Gasteiger partial charge in [0.1, 0.15) is 0 Å². The van der Waals surface area contributed by atoms with Gasteiger partial charge in [0.15, 0.2) is 0 Å². The standard InChI is InChI=1S/C10H19NO/c1-3-11-9-4-8(2)5-10(11)7-12-6-9/h8-10H,3-7H2,1-2H3. The number of piperidine rings is 1. The van der Waals surface area contributed by atoms with Crippen molar-refractivity contribution in [2.24, 2.45) is 5.92 Å². The lowest BCUT2D eigenvalue weighted by Gasteiger charge is -2.47. The average molecular weight is 169 g/mol. The van der Waals surface area contributed by atoms with Crippen LogP contribution in [0.3, 0.4) is 0 Å². The van der Waals surface area contributed by atoms with Crippen LogP contribution in [0.5, 0.6) is 0 Å². The summed E-state index contributed by atoms with van der Waals surface area (Å²) in [6.45, 7) is 7.77. The number of likely N-dealkylation sites (N-methyl/N-ethyl adjacent to an activating group) is 1. The number of ether oxygens (including phenoxy) is 1.